The first-order valence-corrected chi connectivity index (χ1v) is 7.00. The molecule has 3 nitrogen and oxygen atoms in total. The van der Waals surface area contributed by atoms with E-state index in [1.165, 1.54) is 0 Å². The van der Waals surface area contributed by atoms with Crippen LogP contribution in [0.15, 0.2) is 48.5 Å². The molecule has 21 heavy (non-hydrogen) atoms. The van der Waals surface area contributed by atoms with Gasteiger partial charge in [-0.15, -0.1) is 0 Å². The number of amides is 1. The average Bonchev–Trinajstić information content (AvgIpc) is 2.52. The SMILES string of the molecule is CC(C)CNC(=O)c1ccccc1-c1ccccc1C#N. The molecule has 0 saturated heterocycles. The molecule has 2 rings (SSSR count). The molecular formula is C18H18N2O. The van der Waals surface area contributed by atoms with Crippen LogP contribution in [0.25, 0.3) is 11.1 Å². The number of carbonyl (C=O) groups is 1. The highest BCUT2D eigenvalue weighted by Crippen LogP contribution is 2.26. The summed E-state index contributed by atoms with van der Waals surface area (Å²) in [6.07, 6.45) is 0. The van der Waals surface area contributed by atoms with E-state index >= 15 is 0 Å². The molecule has 0 aliphatic rings. The summed E-state index contributed by atoms with van der Waals surface area (Å²) in [5.74, 6) is 0.291. The third kappa shape index (κ3) is 3.49. The van der Waals surface area contributed by atoms with Crippen molar-refractivity contribution >= 4 is 5.91 Å². The van der Waals surface area contributed by atoms with Crippen molar-refractivity contribution in [1.82, 2.24) is 5.32 Å². The van der Waals surface area contributed by atoms with Gasteiger partial charge >= 0.3 is 0 Å². The largest absolute Gasteiger partial charge is 0.352 e. The molecule has 2 aromatic rings. The number of rotatable bonds is 4. The molecule has 106 valence electrons. The normalized spacial score (nSPS) is 10.2. The average molecular weight is 278 g/mol. The zero-order valence-corrected chi connectivity index (χ0v) is 12.3. The van der Waals surface area contributed by atoms with E-state index in [4.69, 9.17) is 0 Å². The lowest BCUT2D eigenvalue weighted by atomic mass is 9.95. The van der Waals surface area contributed by atoms with E-state index < -0.39 is 0 Å². The summed E-state index contributed by atoms with van der Waals surface area (Å²) in [5, 5.41) is 12.2. The van der Waals surface area contributed by atoms with Crippen molar-refractivity contribution in [2.75, 3.05) is 6.54 Å². The number of benzene rings is 2. The van der Waals surface area contributed by atoms with Crippen LogP contribution in [0, 0.1) is 17.2 Å². The van der Waals surface area contributed by atoms with E-state index in [1.807, 2.05) is 36.4 Å². The highest BCUT2D eigenvalue weighted by atomic mass is 16.1. The lowest BCUT2D eigenvalue weighted by Crippen LogP contribution is -2.27. The van der Waals surface area contributed by atoms with Crippen molar-refractivity contribution < 1.29 is 4.79 Å². The van der Waals surface area contributed by atoms with Crippen molar-refractivity contribution in [3.63, 3.8) is 0 Å². The molecule has 0 unspecified atom stereocenters. The van der Waals surface area contributed by atoms with Crippen molar-refractivity contribution in [3.8, 4) is 17.2 Å². The summed E-state index contributed by atoms with van der Waals surface area (Å²) in [5.41, 5.74) is 2.74. The summed E-state index contributed by atoms with van der Waals surface area (Å²) in [6, 6.07) is 16.9. The zero-order chi connectivity index (χ0) is 15.2. The van der Waals surface area contributed by atoms with Crippen LogP contribution in [0.3, 0.4) is 0 Å². The van der Waals surface area contributed by atoms with E-state index in [0.717, 1.165) is 11.1 Å². The fourth-order valence-electron chi connectivity index (χ4n) is 2.12. The minimum Gasteiger partial charge on any atom is -0.352 e. The molecule has 0 aliphatic heterocycles. The van der Waals surface area contributed by atoms with Crippen molar-refractivity contribution in [3.05, 3.63) is 59.7 Å². The Hall–Kier alpha value is -2.60. The lowest BCUT2D eigenvalue weighted by molar-refractivity contribution is 0.0949. The Morgan fingerprint density at radius 3 is 2.38 bits per heavy atom. The van der Waals surface area contributed by atoms with Crippen LogP contribution in [-0.4, -0.2) is 12.5 Å². The maximum Gasteiger partial charge on any atom is 0.251 e. The second kappa shape index (κ2) is 6.71. The molecule has 0 heterocycles. The van der Waals surface area contributed by atoms with E-state index in [1.54, 1.807) is 12.1 Å². The third-order valence-corrected chi connectivity index (χ3v) is 3.18. The number of carbonyl (C=O) groups excluding carboxylic acids is 1. The molecule has 1 N–H and O–H groups in total. The molecule has 0 atom stereocenters. The second-order valence-electron chi connectivity index (χ2n) is 5.31. The molecule has 0 saturated carbocycles. The molecular weight excluding hydrogens is 260 g/mol. The Balaban J connectivity index is 2.42. The first-order valence-electron chi connectivity index (χ1n) is 7.00. The number of hydrogen-bond donors (Lipinski definition) is 1. The highest BCUT2D eigenvalue weighted by molar-refractivity contribution is 6.01. The Kier molecular flexibility index (Phi) is 4.73. The predicted molar refractivity (Wildman–Crippen MR) is 83.8 cm³/mol. The standard InChI is InChI=1S/C18H18N2O/c1-13(2)12-20-18(21)17-10-6-5-9-16(17)15-8-4-3-7-14(15)11-19/h3-10,13H,12H2,1-2H3,(H,20,21). The minimum absolute atomic E-state index is 0.105. The fourth-order valence-corrected chi connectivity index (χ4v) is 2.12. The third-order valence-electron chi connectivity index (χ3n) is 3.18. The van der Waals surface area contributed by atoms with Crippen LogP contribution >= 0.6 is 0 Å². The molecule has 0 aromatic heterocycles. The van der Waals surface area contributed by atoms with Gasteiger partial charge in [0.2, 0.25) is 0 Å². The van der Waals surface area contributed by atoms with Gasteiger partial charge in [-0.05, 0) is 23.6 Å². The van der Waals surface area contributed by atoms with Gasteiger partial charge in [0.25, 0.3) is 5.91 Å². The Morgan fingerprint density at radius 2 is 1.71 bits per heavy atom. The molecule has 0 fully saturated rings. The Morgan fingerprint density at radius 1 is 1.10 bits per heavy atom. The van der Waals surface area contributed by atoms with Crippen LogP contribution in [0.5, 0.6) is 0 Å². The van der Waals surface area contributed by atoms with Crippen LogP contribution < -0.4 is 5.32 Å². The van der Waals surface area contributed by atoms with Gasteiger partial charge in [0, 0.05) is 17.7 Å². The first kappa shape index (κ1) is 14.8. The second-order valence-corrected chi connectivity index (χ2v) is 5.31. The number of nitrogens with one attached hydrogen (secondary N) is 1. The van der Waals surface area contributed by atoms with Gasteiger partial charge in [0.15, 0.2) is 0 Å². The summed E-state index contributed by atoms with van der Waals surface area (Å²) >= 11 is 0. The molecule has 0 aliphatic carbocycles. The van der Waals surface area contributed by atoms with Gasteiger partial charge in [-0.3, -0.25) is 4.79 Å². The maximum absolute atomic E-state index is 12.3. The van der Waals surface area contributed by atoms with E-state index in [9.17, 15) is 10.1 Å². The van der Waals surface area contributed by atoms with E-state index in [0.29, 0.717) is 23.6 Å². The van der Waals surface area contributed by atoms with Gasteiger partial charge in [-0.25, -0.2) is 0 Å². The summed E-state index contributed by atoms with van der Waals surface area (Å²) in [6.45, 7) is 4.74. The first-order chi connectivity index (χ1) is 10.1. The smallest absolute Gasteiger partial charge is 0.251 e. The van der Waals surface area contributed by atoms with Gasteiger partial charge in [-0.1, -0.05) is 50.2 Å². The van der Waals surface area contributed by atoms with Crippen LogP contribution in [-0.2, 0) is 0 Å². The van der Waals surface area contributed by atoms with Gasteiger partial charge in [0.1, 0.15) is 0 Å². The monoisotopic (exact) mass is 278 g/mol. The van der Waals surface area contributed by atoms with Crippen LogP contribution in [0.1, 0.15) is 29.8 Å². The lowest BCUT2D eigenvalue weighted by Gasteiger charge is -2.12. The fraction of sp³-hybridized carbons (Fsp3) is 0.222. The summed E-state index contributed by atoms with van der Waals surface area (Å²) in [7, 11) is 0. The van der Waals surface area contributed by atoms with Gasteiger partial charge in [0.05, 0.1) is 11.6 Å². The number of nitriles is 1. The Bertz CT molecular complexity index is 684. The summed E-state index contributed by atoms with van der Waals surface area (Å²) < 4.78 is 0. The minimum atomic E-state index is -0.105. The van der Waals surface area contributed by atoms with Crippen LogP contribution in [0.2, 0.25) is 0 Å². The molecule has 2 aromatic carbocycles. The number of hydrogen-bond acceptors (Lipinski definition) is 2. The zero-order valence-electron chi connectivity index (χ0n) is 12.3. The molecule has 0 radical (unpaired) electrons. The van der Waals surface area contributed by atoms with Crippen molar-refractivity contribution in [1.29, 1.82) is 5.26 Å². The topological polar surface area (TPSA) is 52.9 Å². The highest BCUT2D eigenvalue weighted by Gasteiger charge is 2.14. The number of nitrogens with zero attached hydrogens (tertiary/aromatic N) is 1. The summed E-state index contributed by atoms with van der Waals surface area (Å²) in [4.78, 5) is 12.3. The van der Waals surface area contributed by atoms with Crippen molar-refractivity contribution in [2.45, 2.75) is 13.8 Å². The molecule has 0 bridgehead atoms. The quantitative estimate of drug-likeness (QED) is 0.928. The maximum atomic E-state index is 12.3. The Labute approximate surface area is 125 Å². The molecule has 0 spiro atoms. The van der Waals surface area contributed by atoms with Gasteiger partial charge < -0.3 is 5.32 Å². The molecule has 1 amide bonds. The predicted octanol–water partition coefficient (Wildman–Crippen LogP) is 3.61. The molecule has 3 heteroatoms. The van der Waals surface area contributed by atoms with E-state index in [2.05, 4.69) is 25.2 Å². The van der Waals surface area contributed by atoms with Gasteiger partial charge in [-0.2, -0.15) is 5.26 Å². The van der Waals surface area contributed by atoms with E-state index in [-0.39, 0.29) is 5.91 Å². The van der Waals surface area contributed by atoms with Crippen molar-refractivity contribution in [2.24, 2.45) is 5.92 Å². The van der Waals surface area contributed by atoms with Crippen LogP contribution in [0.4, 0.5) is 0 Å².